The van der Waals surface area contributed by atoms with Crippen molar-refractivity contribution in [1.29, 1.82) is 5.26 Å². The maximum atomic E-state index is 11.8. The average Bonchev–Trinajstić information content (AvgIpc) is 2.41. The van der Waals surface area contributed by atoms with E-state index in [0.717, 1.165) is 12.0 Å². The number of hydrogen-bond donors (Lipinski definition) is 2. The second kappa shape index (κ2) is 8.25. The first-order chi connectivity index (χ1) is 9.17. The van der Waals surface area contributed by atoms with Crippen LogP contribution in [0.1, 0.15) is 18.4 Å². The molecule has 1 aromatic carbocycles. The molecule has 0 aliphatic carbocycles. The molecule has 0 aliphatic rings. The lowest BCUT2D eigenvalue weighted by Crippen LogP contribution is -2.35. The highest BCUT2D eigenvalue weighted by Crippen LogP contribution is 2.10. The van der Waals surface area contributed by atoms with E-state index in [-0.39, 0.29) is 5.91 Å². The molecule has 0 saturated carbocycles. The summed E-state index contributed by atoms with van der Waals surface area (Å²) >= 11 is 0. The van der Waals surface area contributed by atoms with Crippen LogP contribution < -0.4 is 11.1 Å². The van der Waals surface area contributed by atoms with Crippen LogP contribution in [0.25, 0.3) is 0 Å². The van der Waals surface area contributed by atoms with Gasteiger partial charge in [-0.2, -0.15) is 5.26 Å². The SMILES string of the molecule is COCCCC(N)C(=O)Nc1ccc(CC#N)cc1. The largest absolute Gasteiger partial charge is 0.385 e. The number of benzene rings is 1. The lowest BCUT2D eigenvalue weighted by Gasteiger charge is -2.12. The van der Waals surface area contributed by atoms with Crippen molar-refractivity contribution in [1.82, 2.24) is 0 Å². The van der Waals surface area contributed by atoms with Gasteiger partial charge >= 0.3 is 0 Å². The Hall–Kier alpha value is -1.90. The standard InChI is InChI=1S/C14H19N3O2/c1-19-10-2-3-13(16)14(18)17-12-6-4-11(5-7-12)8-9-15/h4-7,13H,2-3,8,10,16H2,1H3,(H,17,18). The first kappa shape index (κ1) is 15.2. The molecule has 1 atom stereocenters. The number of rotatable bonds is 7. The molecule has 19 heavy (non-hydrogen) atoms. The van der Waals surface area contributed by atoms with Gasteiger partial charge in [0.05, 0.1) is 18.5 Å². The van der Waals surface area contributed by atoms with Crippen molar-refractivity contribution in [2.45, 2.75) is 25.3 Å². The van der Waals surface area contributed by atoms with Gasteiger partial charge in [-0.3, -0.25) is 4.79 Å². The van der Waals surface area contributed by atoms with Gasteiger partial charge in [0.2, 0.25) is 5.91 Å². The van der Waals surface area contributed by atoms with Crippen molar-refractivity contribution in [2.24, 2.45) is 5.73 Å². The van der Waals surface area contributed by atoms with E-state index < -0.39 is 6.04 Å². The number of ether oxygens (including phenoxy) is 1. The summed E-state index contributed by atoms with van der Waals surface area (Å²) in [4.78, 5) is 11.8. The number of carbonyl (C=O) groups excluding carboxylic acids is 1. The highest BCUT2D eigenvalue weighted by molar-refractivity contribution is 5.94. The predicted molar refractivity (Wildman–Crippen MR) is 73.5 cm³/mol. The molecule has 1 rings (SSSR count). The summed E-state index contributed by atoms with van der Waals surface area (Å²) in [6.45, 7) is 0.601. The fourth-order valence-electron chi connectivity index (χ4n) is 1.61. The topological polar surface area (TPSA) is 88.1 Å². The highest BCUT2D eigenvalue weighted by atomic mass is 16.5. The molecule has 1 amide bonds. The zero-order valence-corrected chi connectivity index (χ0v) is 11.1. The van der Waals surface area contributed by atoms with E-state index >= 15 is 0 Å². The first-order valence-electron chi connectivity index (χ1n) is 6.18. The van der Waals surface area contributed by atoms with E-state index in [1.807, 2.05) is 12.1 Å². The molecule has 5 nitrogen and oxygen atoms in total. The number of methoxy groups -OCH3 is 1. The number of carbonyl (C=O) groups is 1. The Kier molecular flexibility index (Phi) is 6.58. The average molecular weight is 261 g/mol. The van der Waals surface area contributed by atoms with Crippen LogP contribution in [0, 0.1) is 11.3 Å². The van der Waals surface area contributed by atoms with E-state index in [2.05, 4.69) is 11.4 Å². The van der Waals surface area contributed by atoms with Crippen LogP contribution >= 0.6 is 0 Å². The first-order valence-corrected chi connectivity index (χ1v) is 6.18. The summed E-state index contributed by atoms with van der Waals surface area (Å²) in [5, 5.41) is 11.3. The maximum absolute atomic E-state index is 11.8. The Morgan fingerprint density at radius 2 is 2.16 bits per heavy atom. The minimum atomic E-state index is -0.533. The van der Waals surface area contributed by atoms with Gasteiger partial charge in [-0.05, 0) is 30.5 Å². The van der Waals surface area contributed by atoms with Crippen molar-refractivity contribution in [3.05, 3.63) is 29.8 Å². The fraction of sp³-hybridized carbons (Fsp3) is 0.429. The number of nitrogens with zero attached hydrogens (tertiary/aromatic N) is 1. The van der Waals surface area contributed by atoms with Gasteiger partial charge in [0.15, 0.2) is 0 Å². The molecule has 0 saturated heterocycles. The number of nitrogens with two attached hydrogens (primary N) is 1. The summed E-state index contributed by atoms with van der Waals surface area (Å²) in [5.74, 6) is -0.205. The molecule has 0 fully saturated rings. The van der Waals surface area contributed by atoms with Crippen LogP contribution in [0.5, 0.6) is 0 Å². The van der Waals surface area contributed by atoms with Crippen LogP contribution in [0.3, 0.4) is 0 Å². The van der Waals surface area contributed by atoms with Crippen LogP contribution in [0.15, 0.2) is 24.3 Å². The number of nitriles is 1. The Bertz CT molecular complexity index is 437. The van der Waals surface area contributed by atoms with Gasteiger partial charge in [-0.1, -0.05) is 12.1 Å². The van der Waals surface area contributed by atoms with Crippen molar-refractivity contribution in [3.8, 4) is 6.07 Å². The van der Waals surface area contributed by atoms with Crippen LogP contribution in [-0.4, -0.2) is 25.7 Å². The Balaban J connectivity index is 2.45. The van der Waals surface area contributed by atoms with Gasteiger partial charge in [0.1, 0.15) is 0 Å². The molecule has 0 spiro atoms. The van der Waals surface area contributed by atoms with Crippen molar-refractivity contribution < 1.29 is 9.53 Å². The molecule has 1 unspecified atom stereocenters. The van der Waals surface area contributed by atoms with Gasteiger partial charge < -0.3 is 15.8 Å². The van der Waals surface area contributed by atoms with Gasteiger partial charge in [0, 0.05) is 19.4 Å². The number of amides is 1. The summed E-state index contributed by atoms with van der Waals surface area (Å²) in [6, 6.07) is 8.71. The van der Waals surface area contributed by atoms with E-state index in [1.54, 1.807) is 19.2 Å². The van der Waals surface area contributed by atoms with E-state index in [9.17, 15) is 4.79 Å². The Morgan fingerprint density at radius 3 is 2.74 bits per heavy atom. The van der Waals surface area contributed by atoms with Crippen molar-refractivity contribution >= 4 is 11.6 Å². The fourth-order valence-corrected chi connectivity index (χ4v) is 1.61. The molecule has 102 valence electrons. The summed E-state index contributed by atoms with van der Waals surface area (Å²) in [6.07, 6.45) is 1.71. The molecule has 0 aromatic heterocycles. The van der Waals surface area contributed by atoms with Crippen molar-refractivity contribution in [2.75, 3.05) is 19.0 Å². The van der Waals surface area contributed by atoms with Crippen LogP contribution in [-0.2, 0) is 16.0 Å². The van der Waals surface area contributed by atoms with Gasteiger partial charge in [-0.15, -0.1) is 0 Å². The summed E-state index contributed by atoms with van der Waals surface area (Å²) in [5.41, 5.74) is 7.38. The monoisotopic (exact) mass is 261 g/mol. The predicted octanol–water partition coefficient (Wildman–Crippen LogP) is 1.45. The maximum Gasteiger partial charge on any atom is 0.241 e. The highest BCUT2D eigenvalue weighted by Gasteiger charge is 2.12. The zero-order chi connectivity index (χ0) is 14.1. The third-order valence-electron chi connectivity index (χ3n) is 2.71. The quantitative estimate of drug-likeness (QED) is 0.727. The van der Waals surface area contributed by atoms with E-state index in [4.69, 9.17) is 15.7 Å². The van der Waals surface area contributed by atoms with E-state index in [0.29, 0.717) is 25.1 Å². The minimum Gasteiger partial charge on any atom is -0.385 e. The molecule has 0 heterocycles. The zero-order valence-electron chi connectivity index (χ0n) is 11.1. The lowest BCUT2D eigenvalue weighted by molar-refractivity contribution is -0.117. The Morgan fingerprint density at radius 1 is 1.47 bits per heavy atom. The minimum absolute atomic E-state index is 0.205. The van der Waals surface area contributed by atoms with E-state index in [1.165, 1.54) is 0 Å². The van der Waals surface area contributed by atoms with Crippen LogP contribution in [0.2, 0.25) is 0 Å². The molecule has 5 heteroatoms. The number of anilines is 1. The molecular formula is C14H19N3O2. The van der Waals surface area contributed by atoms with Gasteiger partial charge in [0.25, 0.3) is 0 Å². The summed E-state index contributed by atoms with van der Waals surface area (Å²) in [7, 11) is 1.62. The number of nitrogens with one attached hydrogen (secondary N) is 1. The molecule has 0 radical (unpaired) electrons. The third kappa shape index (κ3) is 5.51. The second-order valence-electron chi connectivity index (χ2n) is 4.26. The molecule has 3 N–H and O–H groups in total. The molecule has 1 aromatic rings. The normalized spacial score (nSPS) is 11.6. The Labute approximate surface area is 113 Å². The van der Waals surface area contributed by atoms with Gasteiger partial charge in [-0.25, -0.2) is 0 Å². The smallest absolute Gasteiger partial charge is 0.241 e. The molecule has 0 aliphatic heterocycles. The second-order valence-corrected chi connectivity index (χ2v) is 4.26. The summed E-state index contributed by atoms with van der Waals surface area (Å²) < 4.78 is 4.91. The van der Waals surface area contributed by atoms with Crippen molar-refractivity contribution in [3.63, 3.8) is 0 Å². The van der Waals surface area contributed by atoms with Crippen LogP contribution in [0.4, 0.5) is 5.69 Å². The molecule has 0 bridgehead atoms. The lowest BCUT2D eigenvalue weighted by atomic mass is 10.1. The number of hydrogen-bond acceptors (Lipinski definition) is 4. The third-order valence-corrected chi connectivity index (χ3v) is 2.71. The molecular weight excluding hydrogens is 242 g/mol.